The number of aliphatic hydroxyl groups is 1. The quantitative estimate of drug-likeness (QED) is 0.788. The minimum absolute atomic E-state index is 0.226. The van der Waals surface area contributed by atoms with Crippen molar-refractivity contribution < 1.29 is 5.11 Å². The van der Waals surface area contributed by atoms with Gasteiger partial charge in [-0.2, -0.15) is 5.10 Å². The molecule has 80 valence electrons. The molecule has 1 rings (SSSR count). The Morgan fingerprint density at radius 2 is 2.21 bits per heavy atom. The van der Waals surface area contributed by atoms with E-state index in [0.29, 0.717) is 6.42 Å². The van der Waals surface area contributed by atoms with Crippen LogP contribution in [0.1, 0.15) is 33.0 Å². The van der Waals surface area contributed by atoms with Crippen LogP contribution in [0.5, 0.6) is 0 Å². The van der Waals surface area contributed by atoms with Crippen molar-refractivity contribution in [2.45, 2.75) is 39.2 Å². The lowest BCUT2D eigenvalue weighted by Gasteiger charge is -2.30. The minimum Gasteiger partial charge on any atom is -0.389 e. The molecule has 0 spiro atoms. The van der Waals surface area contributed by atoms with Gasteiger partial charge in [0.1, 0.15) is 12.2 Å². The summed E-state index contributed by atoms with van der Waals surface area (Å²) >= 11 is 0. The average molecular weight is 197 g/mol. The third kappa shape index (κ3) is 2.12. The molecule has 0 bridgehead atoms. The molecular formula is C10H19N3O. The molecule has 0 aliphatic carbocycles. The van der Waals surface area contributed by atoms with Gasteiger partial charge in [0, 0.05) is 13.5 Å². The van der Waals surface area contributed by atoms with E-state index in [1.165, 1.54) is 6.33 Å². The second-order valence-corrected chi connectivity index (χ2v) is 4.09. The molecule has 4 nitrogen and oxygen atoms in total. The summed E-state index contributed by atoms with van der Waals surface area (Å²) in [6, 6.07) is 0. The third-order valence-corrected chi connectivity index (χ3v) is 2.96. The molecule has 1 aromatic heterocycles. The van der Waals surface area contributed by atoms with E-state index in [1.54, 1.807) is 4.68 Å². The predicted molar refractivity (Wildman–Crippen MR) is 54.8 cm³/mol. The van der Waals surface area contributed by atoms with Crippen LogP contribution < -0.4 is 0 Å². The molecule has 1 aromatic rings. The Morgan fingerprint density at radius 3 is 2.57 bits per heavy atom. The summed E-state index contributed by atoms with van der Waals surface area (Å²) in [7, 11) is 1.85. The van der Waals surface area contributed by atoms with Crippen LogP contribution in [0.3, 0.4) is 0 Å². The van der Waals surface area contributed by atoms with Crippen molar-refractivity contribution in [3.05, 3.63) is 12.2 Å². The maximum absolute atomic E-state index is 10.3. The molecule has 1 atom stereocenters. The highest BCUT2D eigenvalue weighted by Crippen LogP contribution is 2.24. The van der Waals surface area contributed by atoms with E-state index in [4.69, 9.17) is 0 Å². The largest absolute Gasteiger partial charge is 0.389 e. The Hall–Kier alpha value is -0.900. The van der Waals surface area contributed by atoms with Crippen molar-refractivity contribution in [1.29, 1.82) is 0 Å². The van der Waals surface area contributed by atoms with Gasteiger partial charge >= 0.3 is 0 Å². The Bertz CT molecular complexity index is 295. The van der Waals surface area contributed by atoms with Crippen LogP contribution in [0.15, 0.2) is 6.33 Å². The molecule has 0 saturated heterocycles. The van der Waals surface area contributed by atoms with Gasteiger partial charge in [0.25, 0.3) is 0 Å². The number of aromatic nitrogens is 3. The predicted octanol–water partition coefficient (Wildman–Crippen LogP) is 1.15. The summed E-state index contributed by atoms with van der Waals surface area (Å²) in [6.07, 6.45) is 2.82. The molecule has 4 heteroatoms. The smallest absolute Gasteiger partial charge is 0.138 e. The summed E-state index contributed by atoms with van der Waals surface area (Å²) in [4.78, 5) is 4.12. The lowest BCUT2D eigenvalue weighted by molar-refractivity contribution is -0.0107. The Morgan fingerprint density at radius 1 is 1.57 bits per heavy atom. The first kappa shape index (κ1) is 11.2. The molecule has 0 aliphatic heterocycles. The second-order valence-electron chi connectivity index (χ2n) is 4.09. The highest BCUT2D eigenvalue weighted by Gasteiger charge is 2.30. The van der Waals surface area contributed by atoms with Crippen molar-refractivity contribution >= 4 is 0 Å². The number of aryl methyl sites for hydroxylation is 1. The summed E-state index contributed by atoms with van der Waals surface area (Å²) in [5.74, 6) is 1.06. The lowest BCUT2D eigenvalue weighted by atomic mass is 9.84. The fourth-order valence-electron chi connectivity index (χ4n) is 1.49. The van der Waals surface area contributed by atoms with Crippen LogP contribution in [-0.4, -0.2) is 25.5 Å². The second kappa shape index (κ2) is 4.09. The third-order valence-electron chi connectivity index (χ3n) is 2.96. The minimum atomic E-state index is -0.666. The highest BCUT2D eigenvalue weighted by atomic mass is 16.3. The summed E-state index contributed by atoms with van der Waals surface area (Å²) in [5.41, 5.74) is -0.666. The van der Waals surface area contributed by atoms with Crippen molar-refractivity contribution in [3.8, 4) is 0 Å². The van der Waals surface area contributed by atoms with E-state index in [1.807, 2.05) is 27.8 Å². The van der Waals surface area contributed by atoms with Gasteiger partial charge in [0.2, 0.25) is 0 Å². The number of rotatable bonds is 4. The van der Waals surface area contributed by atoms with Crippen LogP contribution in [-0.2, 0) is 13.5 Å². The van der Waals surface area contributed by atoms with E-state index < -0.39 is 5.60 Å². The average Bonchev–Trinajstić information content (AvgIpc) is 2.51. The van der Waals surface area contributed by atoms with E-state index in [-0.39, 0.29) is 5.92 Å². The van der Waals surface area contributed by atoms with Gasteiger partial charge in [-0.25, -0.2) is 4.98 Å². The van der Waals surface area contributed by atoms with Gasteiger partial charge in [-0.15, -0.1) is 0 Å². The molecule has 0 fully saturated rings. The fraction of sp³-hybridized carbons (Fsp3) is 0.800. The SMILES string of the molecule is CCC(O)(Cc1ncnn1C)C(C)C. The van der Waals surface area contributed by atoms with Crippen LogP contribution in [0.4, 0.5) is 0 Å². The molecule has 1 N–H and O–H groups in total. The first-order chi connectivity index (χ1) is 6.49. The zero-order valence-corrected chi connectivity index (χ0v) is 9.36. The Balaban J connectivity index is 2.80. The highest BCUT2D eigenvalue weighted by molar-refractivity contribution is 4.95. The molecule has 0 radical (unpaired) electrons. The van der Waals surface area contributed by atoms with E-state index >= 15 is 0 Å². The van der Waals surface area contributed by atoms with E-state index in [2.05, 4.69) is 10.1 Å². The summed E-state index contributed by atoms with van der Waals surface area (Å²) in [5, 5.41) is 14.3. The maximum atomic E-state index is 10.3. The molecule has 14 heavy (non-hydrogen) atoms. The zero-order valence-electron chi connectivity index (χ0n) is 9.36. The van der Waals surface area contributed by atoms with Crippen LogP contribution in [0.25, 0.3) is 0 Å². The fourth-order valence-corrected chi connectivity index (χ4v) is 1.49. The standard InChI is InChI=1S/C10H19N3O/c1-5-10(14,8(2)3)6-9-11-7-12-13(9)4/h7-8,14H,5-6H2,1-4H3. The molecule has 1 unspecified atom stereocenters. The Labute approximate surface area is 85.0 Å². The van der Waals surface area contributed by atoms with Crippen molar-refractivity contribution in [2.75, 3.05) is 0 Å². The number of nitrogens with zero attached hydrogens (tertiary/aromatic N) is 3. The van der Waals surface area contributed by atoms with Crippen LogP contribution in [0, 0.1) is 5.92 Å². The first-order valence-corrected chi connectivity index (χ1v) is 5.05. The molecule has 1 heterocycles. The molecule has 0 aliphatic rings. The van der Waals surface area contributed by atoms with Gasteiger partial charge in [-0.3, -0.25) is 4.68 Å². The van der Waals surface area contributed by atoms with Crippen molar-refractivity contribution in [2.24, 2.45) is 13.0 Å². The molecule has 0 saturated carbocycles. The van der Waals surface area contributed by atoms with E-state index in [9.17, 15) is 5.11 Å². The lowest BCUT2D eigenvalue weighted by Crippen LogP contribution is -2.37. The van der Waals surface area contributed by atoms with Crippen molar-refractivity contribution in [1.82, 2.24) is 14.8 Å². The monoisotopic (exact) mass is 197 g/mol. The molecule has 0 amide bonds. The van der Waals surface area contributed by atoms with Gasteiger partial charge in [-0.05, 0) is 12.3 Å². The Kier molecular flexibility index (Phi) is 3.26. The molecular weight excluding hydrogens is 178 g/mol. The van der Waals surface area contributed by atoms with Gasteiger partial charge in [-0.1, -0.05) is 20.8 Å². The normalized spacial score (nSPS) is 15.9. The van der Waals surface area contributed by atoms with Crippen molar-refractivity contribution in [3.63, 3.8) is 0 Å². The van der Waals surface area contributed by atoms with Crippen LogP contribution >= 0.6 is 0 Å². The molecule has 0 aromatic carbocycles. The van der Waals surface area contributed by atoms with Gasteiger partial charge in [0.15, 0.2) is 0 Å². The van der Waals surface area contributed by atoms with E-state index in [0.717, 1.165) is 12.2 Å². The van der Waals surface area contributed by atoms with Crippen LogP contribution in [0.2, 0.25) is 0 Å². The maximum Gasteiger partial charge on any atom is 0.138 e. The zero-order chi connectivity index (χ0) is 10.8. The van der Waals surface area contributed by atoms with Gasteiger partial charge < -0.3 is 5.11 Å². The summed E-state index contributed by atoms with van der Waals surface area (Å²) in [6.45, 7) is 6.05. The first-order valence-electron chi connectivity index (χ1n) is 5.05. The number of hydrogen-bond acceptors (Lipinski definition) is 3. The topological polar surface area (TPSA) is 50.9 Å². The summed E-state index contributed by atoms with van der Waals surface area (Å²) < 4.78 is 1.71. The van der Waals surface area contributed by atoms with Gasteiger partial charge in [0.05, 0.1) is 5.60 Å². The number of hydrogen-bond donors (Lipinski definition) is 1.